The summed E-state index contributed by atoms with van der Waals surface area (Å²) in [5.41, 5.74) is 1.39. The molecule has 0 fully saturated rings. The van der Waals surface area contributed by atoms with E-state index >= 15 is 0 Å². The lowest BCUT2D eigenvalue weighted by atomic mass is 10.2. The van der Waals surface area contributed by atoms with Gasteiger partial charge in [0.25, 0.3) is 5.91 Å². The summed E-state index contributed by atoms with van der Waals surface area (Å²) in [6.07, 6.45) is 3.00. The molecule has 5 nitrogen and oxygen atoms in total. The highest BCUT2D eigenvalue weighted by Crippen LogP contribution is 2.21. The molecule has 0 spiro atoms. The minimum Gasteiger partial charge on any atom is -0.496 e. The molecule has 3 rings (SSSR count). The number of methoxy groups -OCH3 is 1. The molecule has 0 atom stereocenters. The Morgan fingerprint density at radius 1 is 1.08 bits per heavy atom. The number of carbonyl (C=O) groups is 1. The maximum Gasteiger partial charge on any atom is 0.259 e. The van der Waals surface area contributed by atoms with E-state index < -0.39 is 11.7 Å². The standard InChI is InChI=1S/C18H14FN3O2/c1-24-16-8-7-13(19)9-15(16)18(23)22-14-10-20-17(21-11-14)12-5-3-2-4-6-12/h2-11H,1H3,(H,22,23). The van der Waals surface area contributed by atoms with E-state index in [0.717, 1.165) is 11.6 Å². The van der Waals surface area contributed by atoms with Gasteiger partial charge in [0, 0.05) is 5.56 Å². The van der Waals surface area contributed by atoms with Crippen LogP contribution in [-0.2, 0) is 0 Å². The van der Waals surface area contributed by atoms with Crippen molar-refractivity contribution in [1.82, 2.24) is 9.97 Å². The van der Waals surface area contributed by atoms with Crippen molar-refractivity contribution in [3.63, 3.8) is 0 Å². The molecule has 0 aliphatic carbocycles. The number of hydrogen-bond donors (Lipinski definition) is 1. The fourth-order valence-corrected chi connectivity index (χ4v) is 2.18. The summed E-state index contributed by atoms with van der Waals surface area (Å²) in [5, 5.41) is 2.63. The Hall–Kier alpha value is -3.28. The molecule has 6 heteroatoms. The van der Waals surface area contributed by atoms with Gasteiger partial charge in [-0.25, -0.2) is 14.4 Å². The quantitative estimate of drug-likeness (QED) is 0.797. The topological polar surface area (TPSA) is 64.1 Å². The number of benzene rings is 2. The Balaban J connectivity index is 1.79. The van der Waals surface area contributed by atoms with Crippen molar-refractivity contribution in [2.45, 2.75) is 0 Å². The summed E-state index contributed by atoms with van der Waals surface area (Å²) in [7, 11) is 1.42. The highest BCUT2D eigenvalue weighted by molar-refractivity contribution is 6.06. The predicted molar refractivity (Wildman–Crippen MR) is 88.4 cm³/mol. The maximum atomic E-state index is 13.4. The highest BCUT2D eigenvalue weighted by Gasteiger charge is 2.14. The number of nitrogens with zero attached hydrogens (tertiary/aromatic N) is 2. The smallest absolute Gasteiger partial charge is 0.259 e. The van der Waals surface area contributed by atoms with Gasteiger partial charge >= 0.3 is 0 Å². The van der Waals surface area contributed by atoms with Crippen LogP contribution >= 0.6 is 0 Å². The van der Waals surface area contributed by atoms with Gasteiger partial charge in [-0.3, -0.25) is 4.79 Å². The molecule has 2 aromatic carbocycles. The van der Waals surface area contributed by atoms with E-state index in [1.54, 1.807) is 0 Å². The van der Waals surface area contributed by atoms with Gasteiger partial charge in [-0.05, 0) is 18.2 Å². The minimum atomic E-state index is -0.517. The summed E-state index contributed by atoms with van der Waals surface area (Å²) < 4.78 is 18.4. The molecule has 0 saturated heterocycles. The summed E-state index contributed by atoms with van der Waals surface area (Å²) in [4.78, 5) is 20.7. The first kappa shape index (κ1) is 15.6. The largest absolute Gasteiger partial charge is 0.496 e. The van der Waals surface area contributed by atoms with E-state index in [0.29, 0.717) is 11.5 Å². The third-order valence-corrected chi connectivity index (χ3v) is 3.35. The molecule has 1 N–H and O–H groups in total. The van der Waals surface area contributed by atoms with Gasteiger partial charge in [0.2, 0.25) is 0 Å². The Kier molecular flexibility index (Phi) is 4.47. The molecular formula is C18H14FN3O2. The Labute approximate surface area is 138 Å². The van der Waals surface area contributed by atoms with E-state index in [2.05, 4.69) is 15.3 Å². The van der Waals surface area contributed by atoms with Crippen LogP contribution in [0.2, 0.25) is 0 Å². The Bertz CT molecular complexity index is 852. The second-order valence-electron chi connectivity index (χ2n) is 4.96. The van der Waals surface area contributed by atoms with E-state index in [4.69, 9.17) is 4.74 Å². The molecule has 0 aliphatic heterocycles. The van der Waals surface area contributed by atoms with E-state index in [-0.39, 0.29) is 11.3 Å². The minimum absolute atomic E-state index is 0.102. The summed E-state index contributed by atoms with van der Waals surface area (Å²) >= 11 is 0. The molecule has 120 valence electrons. The van der Waals surface area contributed by atoms with Crippen molar-refractivity contribution in [1.29, 1.82) is 0 Å². The first-order chi connectivity index (χ1) is 11.7. The van der Waals surface area contributed by atoms with Crippen LogP contribution in [0.15, 0.2) is 60.9 Å². The zero-order chi connectivity index (χ0) is 16.9. The number of halogens is 1. The van der Waals surface area contributed by atoms with Crippen molar-refractivity contribution in [3.05, 3.63) is 72.3 Å². The van der Waals surface area contributed by atoms with Gasteiger partial charge in [0.15, 0.2) is 5.82 Å². The molecule has 0 bridgehead atoms. The number of hydrogen-bond acceptors (Lipinski definition) is 4. The number of ether oxygens (including phenoxy) is 1. The lowest BCUT2D eigenvalue weighted by Crippen LogP contribution is -2.14. The van der Waals surface area contributed by atoms with E-state index in [1.165, 1.54) is 31.6 Å². The molecule has 0 aliphatic rings. The lowest BCUT2D eigenvalue weighted by molar-refractivity contribution is 0.102. The normalized spacial score (nSPS) is 10.2. The zero-order valence-electron chi connectivity index (χ0n) is 12.9. The number of anilines is 1. The predicted octanol–water partition coefficient (Wildman–Crippen LogP) is 3.54. The van der Waals surface area contributed by atoms with Gasteiger partial charge < -0.3 is 10.1 Å². The fourth-order valence-electron chi connectivity index (χ4n) is 2.18. The van der Waals surface area contributed by atoms with Crippen molar-refractivity contribution >= 4 is 11.6 Å². The third kappa shape index (κ3) is 3.38. The van der Waals surface area contributed by atoms with Crippen LogP contribution in [0.3, 0.4) is 0 Å². The van der Waals surface area contributed by atoms with Crippen molar-refractivity contribution < 1.29 is 13.9 Å². The molecule has 24 heavy (non-hydrogen) atoms. The number of carbonyl (C=O) groups excluding carboxylic acids is 1. The summed E-state index contributed by atoms with van der Waals surface area (Å²) in [5.74, 6) is -0.174. The van der Waals surface area contributed by atoms with Crippen molar-refractivity contribution in [3.8, 4) is 17.1 Å². The first-order valence-corrected chi connectivity index (χ1v) is 7.20. The second-order valence-corrected chi connectivity index (χ2v) is 4.96. The monoisotopic (exact) mass is 323 g/mol. The van der Waals surface area contributed by atoms with Crippen LogP contribution in [0, 0.1) is 5.82 Å². The van der Waals surface area contributed by atoms with Crippen LogP contribution in [0.1, 0.15) is 10.4 Å². The molecule has 0 radical (unpaired) electrons. The SMILES string of the molecule is COc1ccc(F)cc1C(=O)Nc1cnc(-c2ccccc2)nc1. The number of nitrogens with one attached hydrogen (secondary N) is 1. The Morgan fingerprint density at radius 2 is 1.79 bits per heavy atom. The molecule has 0 unspecified atom stereocenters. The zero-order valence-corrected chi connectivity index (χ0v) is 12.9. The second kappa shape index (κ2) is 6.87. The molecule has 1 amide bonds. The maximum absolute atomic E-state index is 13.4. The number of rotatable bonds is 4. The van der Waals surface area contributed by atoms with Crippen LogP contribution in [0.5, 0.6) is 5.75 Å². The van der Waals surface area contributed by atoms with Crippen LogP contribution in [0.25, 0.3) is 11.4 Å². The third-order valence-electron chi connectivity index (χ3n) is 3.35. The number of amides is 1. The van der Waals surface area contributed by atoms with Crippen molar-refractivity contribution in [2.24, 2.45) is 0 Å². The van der Waals surface area contributed by atoms with Crippen molar-refractivity contribution in [2.75, 3.05) is 12.4 Å². The van der Waals surface area contributed by atoms with Gasteiger partial charge in [-0.2, -0.15) is 0 Å². The molecule has 1 aromatic heterocycles. The first-order valence-electron chi connectivity index (χ1n) is 7.20. The van der Waals surface area contributed by atoms with E-state index in [9.17, 15) is 9.18 Å². The van der Waals surface area contributed by atoms with Gasteiger partial charge in [-0.1, -0.05) is 30.3 Å². The highest BCUT2D eigenvalue weighted by atomic mass is 19.1. The van der Waals surface area contributed by atoms with E-state index in [1.807, 2.05) is 30.3 Å². The van der Waals surface area contributed by atoms with Gasteiger partial charge in [0.1, 0.15) is 11.6 Å². The molecular weight excluding hydrogens is 309 g/mol. The fraction of sp³-hybridized carbons (Fsp3) is 0.0556. The van der Waals surface area contributed by atoms with Crippen LogP contribution in [0.4, 0.5) is 10.1 Å². The average Bonchev–Trinajstić information content (AvgIpc) is 2.63. The van der Waals surface area contributed by atoms with Crippen LogP contribution < -0.4 is 10.1 Å². The summed E-state index contributed by atoms with van der Waals surface area (Å²) in [6.45, 7) is 0. The molecule has 0 saturated carbocycles. The Morgan fingerprint density at radius 3 is 2.46 bits per heavy atom. The van der Waals surface area contributed by atoms with Crippen LogP contribution in [-0.4, -0.2) is 23.0 Å². The average molecular weight is 323 g/mol. The molecule has 1 heterocycles. The lowest BCUT2D eigenvalue weighted by Gasteiger charge is -2.09. The van der Waals surface area contributed by atoms with Gasteiger partial charge in [0.05, 0.1) is 30.8 Å². The number of aromatic nitrogens is 2. The molecule has 3 aromatic rings. The summed E-state index contributed by atoms with van der Waals surface area (Å²) in [6, 6.07) is 13.2. The van der Waals surface area contributed by atoms with Gasteiger partial charge in [-0.15, -0.1) is 0 Å².